The number of benzene rings is 1. The van der Waals surface area contributed by atoms with Crippen LogP contribution in [0.15, 0.2) is 24.3 Å². The topological polar surface area (TPSA) is 24.5 Å². The van der Waals surface area contributed by atoms with Crippen LogP contribution in [-0.4, -0.2) is 32.8 Å². The lowest BCUT2D eigenvalue weighted by molar-refractivity contribution is 0.400. The number of nitrogens with zero attached hydrogens (tertiary/aromatic N) is 1. The van der Waals surface area contributed by atoms with Crippen molar-refractivity contribution < 1.29 is 4.74 Å². The van der Waals surface area contributed by atoms with Crippen molar-refractivity contribution in [3.8, 4) is 5.75 Å². The first-order chi connectivity index (χ1) is 8.85. The van der Waals surface area contributed by atoms with Crippen molar-refractivity contribution in [1.29, 1.82) is 0 Å². The van der Waals surface area contributed by atoms with Crippen LogP contribution >= 0.6 is 0 Å². The Bertz CT molecular complexity index is 367. The third kappa shape index (κ3) is 3.16. The monoisotopic (exact) mass is 248 g/mol. The zero-order valence-electron chi connectivity index (χ0n) is 11.5. The maximum atomic E-state index is 5.45. The fraction of sp³-hybridized carbons (Fsp3) is 0.600. The van der Waals surface area contributed by atoms with Gasteiger partial charge >= 0.3 is 0 Å². The molecule has 0 saturated carbocycles. The summed E-state index contributed by atoms with van der Waals surface area (Å²) in [6, 6.07) is 8.92. The molecule has 1 atom stereocenters. The van der Waals surface area contributed by atoms with E-state index in [2.05, 4.69) is 29.3 Å². The van der Waals surface area contributed by atoms with E-state index in [9.17, 15) is 0 Å². The van der Waals surface area contributed by atoms with Crippen molar-refractivity contribution in [3.63, 3.8) is 0 Å². The van der Waals surface area contributed by atoms with Crippen LogP contribution in [0, 0.1) is 0 Å². The number of para-hydroxylation sites is 2. The van der Waals surface area contributed by atoms with Crippen LogP contribution in [0.5, 0.6) is 5.75 Å². The molecule has 1 N–H and O–H groups in total. The largest absolute Gasteiger partial charge is 0.495 e. The SMILES string of the molecule is CCCCC1CN(c2ccccc2OC)CCN1. The molecule has 0 aromatic heterocycles. The number of piperazine rings is 1. The predicted octanol–water partition coefficient (Wildman–Crippen LogP) is 2.66. The molecule has 1 aliphatic heterocycles. The normalized spacial score (nSPS) is 19.9. The van der Waals surface area contributed by atoms with E-state index >= 15 is 0 Å². The van der Waals surface area contributed by atoms with E-state index in [1.807, 2.05) is 12.1 Å². The molecule has 0 spiro atoms. The molecule has 1 saturated heterocycles. The summed E-state index contributed by atoms with van der Waals surface area (Å²) in [7, 11) is 1.75. The van der Waals surface area contributed by atoms with Gasteiger partial charge in [-0.15, -0.1) is 0 Å². The molecule has 1 heterocycles. The Morgan fingerprint density at radius 3 is 3.00 bits per heavy atom. The number of unbranched alkanes of at least 4 members (excludes halogenated alkanes) is 1. The van der Waals surface area contributed by atoms with Crippen LogP contribution in [-0.2, 0) is 0 Å². The van der Waals surface area contributed by atoms with E-state index in [-0.39, 0.29) is 0 Å². The highest BCUT2D eigenvalue weighted by Gasteiger charge is 2.20. The van der Waals surface area contributed by atoms with E-state index in [1.54, 1.807) is 7.11 Å². The summed E-state index contributed by atoms with van der Waals surface area (Å²) in [4.78, 5) is 2.44. The number of nitrogens with one attached hydrogen (secondary N) is 1. The fourth-order valence-electron chi connectivity index (χ4n) is 2.58. The molecule has 1 unspecified atom stereocenters. The highest BCUT2D eigenvalue weighted by molar-refractivity contribution is 5.58. The van der Waals surface area contributed by atoms with Crippen molar-refractivity contribution >= 4 is 5.69 Å². The third-order valence-electron chi connectivity index (χ3n) is 3.59. The van der Waals surface area contributed by atoms with E-state index in [0.717, 1.165) is 25.4 Å². The Labute approximate surface area is 110 Å². The van der Waals surface area contributed by atoms with Gasteiger partial charge in [0.15, 0.2) is 0 Å². The van der Waals surface area contributed by atoms with Gasteiger partial charge in [0.25, 0.3) is 0 Å². The van der Waals surface area contributed by atoms with Gasteiger partial charge in [-0.25, -0.2) is 0 Å². The van der Waals surface area contributed by atoms with E-state index in [0.29, 0.717) is 6.04 Å². The van der Waals surface area contributed by atoms with Crippen molar-refractivity contribution in [2.24, 2.45) is 0 Å². The Morgan fingerprint density at radius 1 is 1.39 bits per heavy atom. The zero-order valence-corrected chi connectivity index (χ0v) is 11.5. The molecule has 0 radical (unpaired) electrons. The van der Waals surface area contributed by atoms with Crippen LogP contribution in [0.2, 0.25) is 0 Å². The lowest BCUT2D eigenvalue weighted by atomic mass is 10.1. The molecule has 1 aromatic carbocycles. The molecule has 1 aromatic rings. The molecular formula is C15H24N2O. The molecule has 0 aliphatic carbocycles. The first kappa shape index (κ1) is 13.2. The minimum atomic E-state index is 0.614. The van der Waals surface area contributed by atoms with Gasteiger partial charge in [-0.2, -0.15) is 0 Å². The van der Waals surface area contributed by atoms with Crippen molar-refractivity contribution in [2.45, 2.75) is 32.2 Å². The van der Waals surface area contributed by atoms with Crippen LogP contribution < -0.4 is 15.0 Å². The van der Waals surface area contributed by atoms with Gasteiger partial charge in [0.05, 0.1) is 12.8 Å². The summed E-state index contributed by atoms with van der Waals surface area (Å²) in [5, 5.41) is 3.61. The van der Waals surface area contributed by atoms with E-state index < -0.39 is 0 Å². The fourth-order valence-corrected chi connectivity index (χ4v) is 2.58. The second-order valence-electron chi connectivity index (χ2n) is 4.91. The zero-order chi connectivity index (χ0) is 12.8. The summed E-state index contributed by atoms with van der Waals surface area (Å²) in [6.45, 7) is 5.45. The van der Waals surface area contributed by atoms with Gasteiger partial charge in [0, 0.05) is 25.7 Å². The number of rotatable bonds is 5. The van der Waals surface area contributed by atoms with Crippen LogP contribution in [0.25, 0.3) is 0 Å². The average Bonchev–Trinajstić information content (AvgIpc) is 2.45. The smallest absolute Gasteiger partial charge is 0.142 e. The highest BCUT2D eigenvalue weighted by atomic mass is 16.5. The quantitative estimate of drug-likeness (QED) is 0.867. The maximum Gasteiger partial charge on any atom is 0.142 e. The molecule has 1 aliphatic rings. The van der Waals surface area contributed by atoms with E-state index in [1.165, 1.54) is 24.9 Å². The van der Waals surface area contributed by atoms with Crippen molar-refractivity contribution in [1.82, 2.24) is 5.32 Å². The average molecular weight is 248 g/mol. The van der Waals surface area contributed by atoms with Crippen LogP contribution in [0.4, 0.5) is 5.69 Å². The second-order valence-corrected chi connectivity index (χ2v) is 4.91. The standard InChI is InChI=1S/C15H24N2O/c1-3-4-7-13-12-17(11-10-16-13)14-8-5-6-9-15(14)18-2/h5-6,8-9,13,16H,3-4,7,10-12H2,1-2H3. The molecule has 100 valence electrons. The molecule has 0 bridgehead atoms. The summed E-state index contributed by atoms with van der Waals surface area (Å²) in [5.74, 6) is 0.980. The summed E-state index contributed by atoms with van der Waals surface area (Å²) in [6.07, 6.45) is 3.84. The second kappa shape index (κ2) is 6.64. The number of hydrogen-bond acceptors (Lipinski definition) is 3. The summed E-state index contributed by atoms with van der Waals surface area (Å²) >= 11 is 0. The molecule has 18 heavy (non-hydrogen) atoms. The lowest BCUT2D eigenvalue weighted by Crippen LogP contribution is -2.50. The predicted molar refractivity (Wildman–Crippen MR) is 76.5 cm³/mol. The van der Waals surface area contributed by atoms with Crippen molar-refractivity contribution in [2.75, 3.05) is 31.6 Å². The lowest BCUT2D eigenvalue weighted by Gasteiger charge is -2.36. The maximum absolute atomic E-state index is 5.45. The molecule has 1 fully saturated rings. The molecule has 2 rings (SSSR count). The van der Waals surface area contributed by atoms with E-state index in [4.69, 9.17) is 4.74 Å². The Hall–Kier alpha value is -1.22. The Morgan fingerprint density at radius 2 is 2.22 bits per heavy atom. The number of hydrogen-bond donors (Lipinski definition) is 1. The molecule has 3 heteroatoms. The van der Waals surface area contributed by atoms with Gasteiger partial charge < -0.3 is 15.0 Å². The third-order valence-corrected chi connectivity index (χ3v) is 3.59. The Kier molecular flexibility index (Phi) is 4.88. The molecule has 0 amide bonds. The van der Waals surface area contributed by atoms with Crippen LogP contribution in [0.1, 0.15) is 26.2 Å². The summed E-state index contributed by atoms with van der Waals surface area (Å²) in [5.41, 5.74) is 1.22. The first-order valence-corrected chi connectivity index (χ1v) is 6.96. The number of ether oxygens (including phenoxy) is 1. The number of anilines is 1. The van der Waals surface area contributed by atoms with Gasteiger partial charge in [-0.1, -0.05) is 31.9 Å². The van der Waals surface area contributed by atoms with Gasteiger partial charge in [0.2, 0.25) is 0 Å². The van der Waals surface area contributed by atoms with Gasteiger partial charge in [0.1, 0.15) is 5.75 Å². The minimum Gasteiger partial charge on any atom is -0.495 e. The van der Waals surface area contributed by atoms with Gasteiger partial charge in [-0.05, 0) is 18.6 Å². The van der Waals surface area contributed by atoms with Crippen LogP contribution in [0.3, 0.4) is 0 Å². The minimum absolute atomic E-state index is 0.614. The first-order valence-electron chi connectivity index (χ1n) is 6.96. The van der Waals surface area contributed by atoms with Gasteiger partial charge in [-0.3, -0.25) is 0 Å². The van der Waals surface area contributed by atoms with Crippen molar-refractivity contribution in [3.05, 3.63) is 24.3 Å². The molecule has 3 nitrogen and oxygen atoms in total. The summed E-state index contributed by atoms with van der Waals surface area (Å²) < 4.78 is 5.45. The Balaban J connectivity index is 2.03. The number of methoxy groups -OCH3 is 1. The molecular weight excluding hydrogens is 224 g/mol. The highest BCUT2D eigenvalue weighted by Crippen LogP contribution is 2.28.